The lowest BCUT2D eigenvalue weighted by Gasteiger charge is -2.26. The third-order valence-corrected chi connectivity index (χ3v) is 9.59. The minimum atomic E-state index is -4.50. The second-order valence-corrected chi connectivity index (χ2v) is 15.4. The molecule has 0 amide bonds. The van der Waals surface area contributed by atoms with Gasteiger partial charge in [-0.25, -0.2) is 4.98 Å². The van der Waals surface area contributed by atoms with Gasteiger partial charge in [0.15, 0.2) is 0 Å². The number of pyridine rings is 2. The van der Waals surface area contributed by atoms with E-state index in [4.69, 9.17) is 9.72 Å². The van der Waals surface area contributed by atoms with Crippen molar-refractivity contribution in [3.8, 4) is 16.9 Å². The lowest BCUT2D eigenvalue weighted by atomic mass is 9.87. The number of carbonyl (C=O) groups is 1. The van der Waals surface area contributed by atoms with Crippen molar-refractivity contribution in [2.45, 2.75) is 70.2 Å². The highest BCUT2D eigenvalue weighted by Crippen LogP contribution is 2.43. The molecule has 0 saturated carbocycles. The molecule has 0 fully saturated rings. The summed E-state index contributed by atoms with van der Waals surface area (Å²) in [7, 11) is 0. The number of halogens is 3. The van der Waals surface area contributed by atoms with E-state index < -0.39 is 23.3 Å². The Morgan fingerprint density at radius 2 is 1.60 bits per heavy atom. The molecular formula is C40H38F3N3O3S. The molecule has 6 rings (SSSR count). The van der Waals surface area contributed by atoms with Crippen molar-refractivity contribution >= 4 is 39.5 Å². The highest BCUT2D eigenvalue weighted by Gasteiger charge is 2.33. The van der Waals surface area contributed by atoms with E-state index in [2.05, 4.69) is 30.3 Å². The van der Waals surface area contributed by atoms with E-state index in [1.165, 1.54) is 12.3 Å². The minimum absolute atomic E-state index is 0.126. The molecule has 50 heavy (non-hydrogen) atoms. The van der Waals surface area contributed by atoms with Gasteiger partial charge in [-0.2, -0.15) is 13.2 Å². The molecule has 0 aliphatic carbocycles. The Morgan fingerprint density at radius 3 is 2.26 bits per heavy atom. The van der Waals surface area contributed by atoms with Gasteiger partial charge in [0.25, 0.3) is 0 Å². The number of ether oxygens (including phenoxy) is 1. The number of hydrogen-bond acceptors (Lipinski definition) is 5. The predicted octanol–water partition coefficient (Wildman–Crippen LogP) is 10.7. The summed E-state index contributed by atoms with van der Waals surface area (Å²) in [5.41, 5.74) is 2.78. The van der Waals surface area contributed by atoms with Gasteiger partial charge < -0.3 is 14.4 Å². The first-order valence-corrected chi connectivity index (χ1v) is 17.1. The van der Waals surface area contributed by atoms with Crippen molar-refractivity contribution in [3.63, 3.8) is 0 Å². The van der Waals surface area contributed by atoms with Gasteiger partial charge in [0.2, 0.25) is 0 Å². The fourth-order valence-electron chi connectivity index (χ4n) is 5.79. The first-order chi connectivity index (χ1) is 23.6. The summed E-state index contributed by atoms with van der Waals surface area (Å²) >= 11 is 1.54. The second kappa shape index (κ2) is 13.5. The number of alkyl halides is 3. The van der Waals surface area contributed by atoms with Gasteiger partial charge in [0.1, 0.15) is 18.1 Å². The summed E-state index contributed by atoms with van der Waals surface area (Å²) in [6.45, 7) is 10.9. The van der Waals surface area contributed by atoms with E-state index in [0.29, 0.717) is 24.3 Å². The molecule has 6 aromatic rings. The standard InChI is InChI=1S/C40H38F3N3O3S/c1-38(2,3)24-46-33-20-29(49-23-28-14-10-26-8-6-7-9-32(26)45-28)15-18-31(33)36(34(46)21-39(4,5)37(47)48)50-30-16-11-25(12-17-30)27-13-19-35(44-22-27)40(41,42)43/h6-20,22H,21,23-24H2,1-5H3,(H,47,48). The molecule has 6 nitrogen and oxygen atoms in total. The van der Waals surface area contributed by atoms with E-state index >= 15 is 0 Å². The van der Waals surface area contributed by atoms with Gasteiger partial charge in [-0.15, -0.1) is 0 Å². The number of hydrogen-bond donors (Lipinski definition) is 1. The summed E-state index contributed by atoms with van der Waals surface area (Å²) in [6, 6.07) is 27.9. The van der Waals surface area contributed by atoms with Crippen molar-refractivity contribution in [2.24, 2.45) is 10.8 Å². The molecule has 3 aromatic heterocycles. The molecule has 0 unspecified atom stereocenters. The van der Waals surface area contributed by atoms with Crippen LogP contribution in [0.5, 0.6) is 5.75 Å². The molecule has 0 aliphatic heterocycles. The third-order valence-electron chi connectivity index (χ3n) is 8.42. The van der Waals surface area contributed by atoms with Gasteiger partial charge in [0, 0.05) is 57.0 Å². The molecule has 10 heteroatoms. The molecule has 0 radical (unpaired) electrons. The topological polar surface area (TPSA) is 77.2 Å². The number of carboxylic acids is 1. The van der Waals surface area contributed by atoms with Crippen molar-refractivity contribution < 1.29 is 27.8 Å². The van der Waals surface area contributed by atoms with Crippen LogP contribution in [0.25, 0.3) is 32.9 Å². The molecule has 0 saturated heterocycles. The highest BCUT2D eigenvalue weighted by molar-refractivity contribution is 7.99. The fraction of sp³-hybridized carbons (Fsp3) is 0.275. The Bertz CT molecular complexity index is 2170. The first-order valence-electron chi connectivity index (χ1n) is 16.2. The van der Waals surface area contributed by atoms with E-state index in [-0.39, 0.29) is 12.0 Å². The Kier molecular flexibility index (Phi) is 9.43. The Labute approximate surface area is 293 Å². The van der Waals surface area contributed by atoms with Crippen LogP contribution in [-0.2, 0) is 30.5 Å². The molecule has 0 aliphatic rings. The maximum Gasteiger partial charge on any atom is 0.433 e. The maximum absolute atomic E-state index is 13.0. The Balaban J connectivity index is 1.37. The molecular weight excluding hydrogens is 660 g/mol. The van der Waals surface area contributed by atoms with E-state index in [0.717, 1.165) is 54.6 Å². The average molecular weight is 698 g/mol. The highest BCUT2D eigenvalue weighted by atomic mass is 32.2. The molecule has 0 spiro atoms. The number of nitrogens with zero attached hydrogens (tertiary/aromatic N) is 3. The second-order valence-electron chi connectivity index (χ2n) is 14.3. The van der Waals surface area contributed by atoms with E-state index in [9.17, 15) is 23.1 Å². The van der Waals surface area contributed by atoms with Crippen LogP contribution in [0.1, 0.15) is 51.7 Å². The zero-order chi connectivity index (χ0) is 35.8. The smallest absolute Gasteiger partial charge is 0.433 e. The summed E-state index contributed by atoms with van der Waals surface area (Å²) in [6.07, 6.45) is -2.98. The number of para-hydroxylation sites is 1. The Hall–Kier alpha value is -4.83. The minimum Gasteiger partial charge on any atom is -0.487 e. The normalized spacial score (nSPS) is 12.5. The number of carboxylic acid groups (broad SMARTS) is 1. The molecule has 0 atom stereocenters. The van der Waals surface area contributed by atoms with Crippen LogP contribution in [0, 0.1) is 10.8 Å². The van der Waals surface area contributed by atoms with Crippen LogP contribution in [0.2, 0.25) is 0 Å². The van der Waals surface area contributed by atoms with E-state index in [1.807, 2.05) is 78.9 Å². The van der Waals surface area contributed by atoms with Crippen molar-refractivity contribution in [1.82, 2.24) is 14.5 Å². The van der Waals surface area contributed by atoms with Crippen LogP contribution >= 0.6 is 11.8 Å². The third kappa shape index (κ3) is 7.81. The zero-order valence-corrected chi connectivity index (χ0v) is 29.3. The lowest BCUT2D eigenvalue weighted by Crippen LogP contribution is -2.28. The first kappa shape index (κ1) is 35.0. The van der Waals surface area contributed by atoms with Crippen LogP contribution < -0.4 is 4.74 Å². The lowest BCUT2D eigenvalue weighted by molar-refractivity contribution is -0.147. The van der Waals surface area contributed by atoms with Crippen LogP contribution in [0.3, 0.4) is 0 Å². The molecule has 3 heterocycles. The number of rotatable bonds is 10. The van der Waals surface area contributed by atoms with Crippen molar-refractivity contribution in [1.29, 1.82) is 0 Å². The summed E-state index contributed by atoms with van der Waals surface area (Å²) in [5.74, 6) is -0.211. The zero-order valence-electron chi connectivity index (χ0n) is 28.5. The number of aromatic nitrogens is 3. The largest absolute Gasteiger partial charge is 0.487 e. The number of benzene rings is 3. The van der Waals surface area contributed by atoms with Gasteiger partial charge in [0.05, 0.1) is 22.1 Å². The van der Waals surface area contributed by atoms with Crippen LogP contribution in [-0.4, -0.2) is 25.6 Å². The van der Waals surface area contributed by atoms with Gasteiger partial charge in [-0.3, -0.25) is 9.78 Å². The van der Waals surface area contributed by atoms with Crippen molar-refractivity contribution in [3.05, 3.63) is 114 Å². The number of aliphatic carboxylic acids is 1. The van der Waals surface area contributed by atoms with Crippen LogP contribution in [0.4, 0.5) is 13.2 Å². The quantitative estimate of drug-likeness (QED) is 0.154. The maximum atomic E-state index is 13.0. The van der Waals surface area contributed by atoms with Crippen molar-refractivity contribution in [2.75, 3.05) is 0 Å². The molecule has 3 aromatic carbocycles. The van der Waals surface area contributed by atoms with Gasteiger partial charge in [-0.1, -0.05) is 75.0 Å². The SMILES string of the molecule is CC(C)(C)Cn1c(CC(C)(C)C(=O)O)c(Sc2ccc(-c3ccc(C(F)(F)F)nc3)cc2)c2ccc(OCc3ccc4ccccc4n3)cc21. The average Bonchev–Trinajstić information content (AvgIpc) is 3.32. The summed E-state index contributed by atoms with van der Waals surface area (Å²) < 4.78 is 47.6. The van der Waals surface area contributed by atoms with Gasteiger partial charge >= 0.3 is 12.1 Å². The summed E-state index contributed by atoms with van der Waals surface area (Å²) in [5, 5.41) is 12.2. The Morgan fingerprint density at radius 1 is 0.880 bits per heavy atom. The fourth-order valence-corrected chi connectivity index (χ4v) is 6.88. The monoisotopic (exact) mass is 697 g/mol. The van der Waals surface area contributed by atoms with Gasteiger partial charge in [-0.05, 0) is 67.3 Å². The molecule has 1 N–H and O–H groups in total. The summed E-state index contributed by atoms with van der Waals surface area (Å²) in [4.78, 5) is 22.6. The molecule has 0 bridgehead atoms. The van der Waals surface area contributed by atoms with Crippen LogP contribution in [0.15, 0.2) is 107 Å². The number of fused-ring (bicyclic) bond motifs is 2. The predicted molar refractivity (Wildman–Crippen MR) is 191 cm³/mol. The van der Waals surface area contributed by atoms with E-state index in [1.54, 1.807) is 25.6 Å². The molecule has 258 valence electrons.